The number of carbonyl (C=O) groups is 1. The first-order chi connectivity index (χ1) is 12.2. The fourth-order valence-corrected chi connectivity index (χ4v) is 4.84. The average Bonchev–Trinajstić information content (AvgIpc) is 2.63. The molecule has 2 saturated carbocycles. The van der Waals surface area contributed by atoms with Gasteiger partial charge in [-0.25, -0.2) is 0 Å². The van der Waals surface area contributed by atoms with Crippen LogP contribution in [0.25, 0.3) is 0 Å². The third-order valence-electron chi connectivity index (χ3n) is 6.11. The Morgan fingerprint density at radius 3 is 2.36 bits per heavy atom. The van der Waals surface area contributed by atoms with Crippen molar-refractivity contribution in [1.29, 1.82) is 0 Å². The Kier molecular flexibility index (Phi) is 6.39. The number of fused-ring (bicyclic) bond motifs is 1. The third kappa shape index (κ3) is 4.77. The van der Waals surface area contributed by atoms with Crippen molar-refractivity contribution in [1.82, 2.24) is 0 Å². The van der Waals surface area contributed by atoms with Crippen LogP contribution < -0.4 is 9.47 Å². The van der Waals surface area contributed by atoms with Gasteiger partial charge in [0.25, 0.3) is 0 Å². The first-order valence-corrected chi connectivity index (χ1v) is 10.1. The van der Waals surface area contributed by atoms with Crippen LogP contribution in [-0.2, 0) is 4.79 Å². The van der Waals surface area contributed by atoms with Gasteiger partial charge in [-0.1, -0.05) is 26.2 Å². The Morgan fingerprint density at radius 2 is 1.64 bits per heavy atom. The van der Waals surface area contributed by atoms with E-state index in [1.165, 1.54) is 38.5 Å². The zero-order chi connectivity index (χ0) is 17.6. The lowest BCUT2D eigenvalue weighted by Crippen LogP contribution is -2.35. The van der Waals surface area contributed by atoms with Crippen LogP contribution >= 0.6 is 0 Å². The van der Waals surface area contributed by atoms with E-state index in [4.69, 9.17) is 9.47 Å². The third-order valence-corrected chi connectivity index (χ3v) is 6.11. The molecule has 2 fully saturated rings. The van der Waals surface area contributed by atoms with Crippen LogP contribution in [0.2, 0.25) is 0 Å². The van der Waals surface area contributed by atoms with Crippen LogP contribution in [-0.4, -0.2) is 12.6 Å². The van der Waals surface area contributed by atoms with Crippen molar-refractivity contribution in [2.24, 2.45) is 23.7 Å². The van der Waals surface area contributed by atoms with Crippen molar-refractivity contribution >= 4 is 5.97 Å². The molecule has 0 radical (unpaired) electrons. The largest absolute Gasteiger partial charge is 0.494 e. The molecular formula is C22H32O3. The summed E-state index contributed by atoms with van der Waals surface area (Å²) in [5.74, 6) is 3.99. The molecular weight excluding hydrogens is 312 g/mol. The van der Waals surface area contributed by atoms with E-state index in [0.717, 1.165) is 36.3 Å². The van der Waals surface area contributed by atoms with Crippen molar-refractivity contribution in [3.63, 3.8) is 0 Å². The average molecular weight is 344 g/mol. The lowest BCUT2D eigenvalue weighted by atomic mass is 9.64. The standard InChI is InChI=1S/C22H32O3/c1-3-5-16-6-7-18-15-19(9-8-17(18)14-16)22(23)25-21-12-10-20(11-13-21)24-4-2/h10-13,16-19H,3-9,14-15H2,1-2H3. The quantitative estimate of drug-likeness (QED) is 0.496. The monoisotopic (exact) mass is 344 g/mol. The lowest BCUT2D eigenvalue weighted by Gasteiger charge is -2.41. The van der Waals surface area contributed by atoms with Crippen LogP contribution in [0.15, 0.2) is 24.3 Å². The van der Waals surface area contributed by atoms with Gasteiger partial charge in [0.2, 0.25) is 0 Å². The van der Waals surface area contributed by atoms with Crippen LogP contribution in [0.4, 0.5) is 0 Å². The van der Waals surface area contributed by atoms with Crippen molar-refractivity contribution in [3.05, 3.63) is 24.3 Å². The topological polar surface area (TPSA) is 35.5 Å². The van der Waals surface area contributed by atoms with E-state index >= 15 is 0 Å². The molecule has 0 bridgehead atoms. The Morgan fingerprint density at radius 1 is 0.960 bits per heavy atom. The summed E-state index contributed by atoms with van der Waals surface area (Å²) in [6.45, 7) is 4.89. The van der Waals surface area contributed by atoms with Gasteiger partial charge in [-0.15, -0.1) is 0 Å². The molecule has 4 unspecified atom stereocenters. The van der Waals surface area contributed by atoms with Gasteiger partial charge in [0.05, 0.1) is 12.5 Å². The highest BCUT2D eigenvalue weighted by Crippen LogP contribution is 2.45. The number of hydrogen-bond donors (Lipinski definition) is 0. The molecule has 0 aromatic heterocycles. The summed E-state index contributed by atoms with van der Waals surface area (Å²) >= 11 is 0. The number of carbonyl (C=O) groups excluding carboxylic acids is 1. The molecule has 1 aromatic carbocycles. The summed E-state index contributed by atoms with van der Waals surface area (Å²) in [4.78, 5) is 12.6. The zero-order valence-electron chi connectivity index (χ0n) is 15.7. The Bertz CT molecular complexity index is 551. The van der Waals surface area contributed by atoms with Gasteiger partial charge in [0, 0.05) is 0 Å². The molecule has 2 aliphatic carbocycles. The van der Waals surface area contributed by atoms with Crippen molar-refractivity contribution in [3.8, 4) is 11.5 Å². The van der Waals surface area contributed by atoms with E-state index in [1.54, 1.807) is 0 Å². The molecule has 0 amide bonds. The van der Waals surface area contributed by atoms with E-state index in [1.807, 2.05) is 31.2 Å². The van der Waals surface area contributed by atoms with Crippen LogP contribution in [0.1, 0.15) is 65.2 Å². The number of rotatable bonds is 6. The van der Waals surface area contributed by atoms with Gasteiger partial charge < -0.3 is 9.47 Å². The smallest absolute Gasteiger partial charge is 0.314 e. The minimum Gasteiger partial charge on any atom is -0.494 e. The second kappa shape index (κ2) is 8.73. The minimum atomic E-state index is -0.0432. The summed E-state index contributed by atoms with van der Waals surface area (Å²) in [5.41, 5.74) is 0. The highest BCUT2D eigenvalue weighted by molar-refractivity contribution is 5.75. The molecule has 0 aliphatic heterocycles. The number of hydrogen-bond acceptors (Lipinski definition) is 3. The van der Waals surface area contributed by atoms with Gasteiger partial charge in [-0.2, -0.15) is 0 Å². The van der Waals surface area contributed by atoms with Crippen molar-refractivity contribution in [2.45, 2.75) is 65.2 Å². The molecule has 3 nitrogen and oxygen atoms in total. The molecule has 3 rings (SSSR count). The van der Waals surface area contributed by atoms with Crippen molar-refractivity contribution in [2.75, 3.05) is 6.61 Å². The SMILES string of the molecule is CCCC1CCC2CC(C(=O)Oc3ccc(OCC)cc3)CCC2C1. The molecule has 25 heavy (non-hydrogen) atoms. The van der Waals surface area contributed by atoms with E-state index < -0.39 is 0 Å². The van der Waals surface area contributed by atoms with Gasteiger partial charge in [-0.05, 0) is 81.0 Å². The number of benzene rings is 1. The number of ether oxygens (including phenoxy) is 2. The van der Waals surface area contributed by atoms with E-state index in [-0.39, 0.29) is 11.9 Å². The zero-order valence-corrected chi connectivity index (χ0v) is 15.7. The molecule has 138 valence electrons. The molecule has 0 heterocycles. The van der Waals surface area contributed by atoms with Crippen LogP contribution in [0, 0.1) is 23.7 Å². The Labute approximate surface area is 152 Å². The predicted octanol–water partition coefficient (Wildman–Crippen LogP) is 5.62. The maximum absolute atomic E-state index is 12.6. The van der Waals surface area contributed by atoms with Gasteiger partial charge in [0.1, 0.15) is 11.5 Å². The molecule has 0 saturated heterocycles. The molecule has 1 aromatic rings. The summed E-state index contributed by atoms with van der Waals surface area (Å²) in [6, 6.07) is 7.37. The fourth-order valence-electron chi connectivity index (χ4n) is 4.84. The molecule has 0 N–H and O–H groups in total. The second-order valence-electron chi connectivity index (χ2n) is 7.82. The molecule has 4 atom stereocenters. The lowest BCUT2D eigenvalue weighted by molar-refractivity contribution is -0.141. The predicted molar refractivity (Wildman–Crippen MR) is 99.8 cm³/mol. The van der Waals surface area contributed by atoms with E-state index in [9.17, 15) is 4.79 Å². The van der Waals surface area contributed by atoms with E-state index in [2.05, 4.69) is 6.92 Å². The summed E-state index contributed by atoms with van der Waals surface area (Å²) in [5, 5.41) is 0. The molecule has 0 spiro atoms. The minimum absolute atomic E-state index is 0.0432. The van der Waals surface area contributed by atoms with Gasteiger partial charge in [-0.3, -0.25) is 4.79 Å². The molecule has 2 aliphatic rings. The van der Waals surface area contributed by atoms with Gasteiger partial charge >= 0.3 is 5.97 Å². The highest BCUT2D eigenvalue weighted by atomic mass is 16.5. The molecule has 3 heteroatoms. The normalized spacial score (nSPS) is 28.9. The van der Waals surface area contributed by atoms with E-state index in [0.29, 0.717) is 12.4 Å². The van der Waals surface area contributed by atoms with Crippen LogP contribution in [0.3, 0.4) is 0 Å². The first-order valence-electron chi connectivity index (χ1n) is 10.1. The van der Waals surface area contributed by atoms with Crippen LogP contribution in [0.5, 0.6) is 11.5 Å². The van der Waals surface area contributed by atoms with Gasteiger partial charge in [0.15, 0.2) is 0 Å². The summed E-state index contributed by atoms with van der Waals surface area (Å²) in [7, 11) is 0. The Hall–Kier alpha value is -1.51. The second-order valence-corrected chi connectivity index (χ2v) is 7.82. The number of esters is 1. The maximum atomic E-state index is 12.6. The summed E-state index contributed by atoms with van der Waals surface area (Å²) in [6.07, 6.45) is 9.96. The Balaban J connectivity index is 1.51. The summed E-state index contributed by atoms with van der Waals surface area (Å²) < 4.78 is 11.1. The first kappa shape index (κ1) is 18.3. The van der Waals surface area contributed by atoms with Crippen molar-refractivity contribution < 1.29 is 14.3 Å². The fraction of sp³-hybridized carbons (Fsp3) is 0.682. The highest BCUT2D eigenvalue weighted by Gasteiger charge is 2.38. The maximum Gasteiger partial charge on any atom is 0.314 e.